The van der Waals surface area contributed by atoms with Gasteiger partial charge in [0, 0.05) is 17.7 Å². The Bertz CT molecular complexity index is 612. The Morgan fingerprint density at radius 1 is 1.05 bits per heavy atom. The van der Waals surface area contributed by atoms with Crippen LogP contribution in [0.3, 0.4) is 0 Å². The SMILES string of the molecule is NCc1ccc(C(=O)c2cccc(C3CCC3)c2)cc1. The van der Waals surface area contributed by atoms with Gasteiger partial charge in [-0.05, 0) is 36.0 Å². The van der Waals surface area contributed by atoms with Gasteiger partial charge in [-0.1, -0.05) is 48.9 Å². The number of carbonyl (C=O) groups excluding carboxylic acids is 1. The van der Waals surface area contributed by atoms with Gasteiger partial charge in [0.1, 0.15) is 0 Å². The molecule has 0 spiro atoms. The first-order valence-corrected chi connectivity index (χ1v) is 7.21. The Morgan fingerprint density at radius 2 is 1.80 bits per heavy atom. The summed E-state index contributed by atoms with van der Waals surface area (Å²) in [6.45, 7) is 0.506. The molecule has 0 aromatic heterocycles. The lowest BCUT2D eigenvalue weighted by Gasteiger charge is -2.26. The summed E-state index contributed by atoms with van der Waals surface area (Å²) in [5.74, 6) is 0.747. The predicted molar refractivity (Wildman–Crippen MR) is 80.8 cm³/mol. The normalized spacial score (nSPS) is 14.8. The van der Waals surface area contributed by atoms with Crippen LogP contribution >= 0.6 is 0 Å². The molecule has 2 nitrogen and oxygen atoms in total. The van der Waals surface area contributed by atoms with Gasteiger partial charge in [-0.15, -0.1) is 0 Å². The van der Waals surface area contributed by atoms with Crippen molar-refractivity contribution in [3.05, 3.63) is 70.8 Å². The highest BCUT2D eigenvalue weighted by Gasteiger charge is 2.20. The van der Waals surface area contributed by atoms with Crippen LogP contribution in [0.5, 0.6) is 0 Å². The lowest BCUT2D eigenvalue weighted by Crippen LogP contribution is -2.10. The Kier molecular flexibility index (Phi) is 3.66. The number of nitrogens with two attached hydrogens (primary N) is 1. The molecule has 0 heterocycles. The molecule has 102 valence electrons. The molecule has 0 atom stereocenters. The summed E-state index contributed by atoms with van der Waals surface area (Å²) >= 11 is 0. The van der Waals surface area contributed by atoms with Gasteiger partial charge in [-0.3, -0.25) is 4.79 Å². The van der Waals surface area contributed by atoms with E-state index in [1.165, 1.54) is 24.8 Å². The molecule has 0 aliphatic heterocycles. The number of hydrogen-bond acceptors (Lipinski definition) is 2. The molecule has 1 aliphatic carbocycles. The van der Waals surface area contributed by atoms with Crippen LogP contribution in [0.1, 0.15) is 52.2 Å². The highest BCUT2D eigenvalue weighted by atomic mass is 16.1. The van der Waals surface area contributed by atoms with Gasteiger partial charge in [0.15, 0.2) is 5.78 Å². The van der Waals surface area contributed by atoms with Crippen LogP contribution in [0, 0.1) is 0 Å². The van der Waals surface area contributed by atoms with E-state index in [1.54, 1.807) is 0 Å². The number of rotatable bonds is 4. The Hall–Kier alpha value is -1.93. The van der Waals surface area contributed by atoms with E-state index < -0.39 is 0 Å². The summed E-state index contributed by atoms with van der Waals surface area (Å²) in [7, 11) is 0. The maximum absolute atomic E-state index is 12.5. The largest absolute Gasteiger partial charge is 0.326 e. The average Bonchev–Trinajstić information content (AvgIpc) is 2.45. The lowest BCUT2D eigenvalue weighted by atomic mass is 9.79. The van der Waals surface area contributed by atoms with Crippen LogP contribution in [-0.4, -0.2) is 5.78 Å². The maximum Gasteiger partial charge on any atom is 0.193 e. The van der Waals surface area contributed by atoms with Crippen molar-refractivity contribution in [3.8, 4) is 0 Å². The smallest absolute Gasteiger partial charge is 0.193 e. The van der Waals surface area contributed by atoms with Crippen molar-refractivity contribution in [3.63, 3.8) is 0 Å². The summed E-state index contributed by atoms with van der Waals surface area (Å²) in [6.07, 6.45) is 3.81. The molecule has 0 bridgehead atoms. The first kappa shape index (κ1) is 13.1. The fourth-order valence-corrected chi connectivity index (χ4v) is 2.63. The van der Waals surface area contributed by atoms with E-state index in [0.29, 0.717) is 12.5 Å². The van der Waals surface area contributed by atoms with E-state index in [9.17, 15) is 4.79 Å². The molecule has 3 rings (SSSR count). The van der Waals surface area contributed by atoms with E-state index in [-0.39, 0.29) is 5.78 Å². The predicted octanol–water partition coefficient (Wildman–Crippen LogP) is 3.64. The van der Waals surface area contributed by atoms with E-state index >= 15 is 0 Å². The van der Waals surface area contributed by atoms with Crippen molar-refractivity contribution in [1.82, 2.24) is 0 Å². The van der Waals surface area contributed by atoms with Crippen LogP contribution in [-0.2, 0) is 6.54 Å². The minimum atomic E-state index is 0.0924. The van der Waals surface area contributed by atoms with Crippen LogP contribution in [0.4, 0.5) is 0 Å². The quantitative estimate of drug-likeness (QED) is 0.858. The molecule has 2 N–H and O–H groups in total. The fourth-order valence-electron chi connectivity index (χ4n) is 2.63. The van der Waals surface area contributed by atoms with Gasteiger partial charge < -0.3 is 5.73 Å². The van der Waals surface area contributed by atoms with E-state index in [4.69, 9.17) is 5.73 Å². The molecule has 1 saturated carbocycles. The van der Waals surface area contributed by atoms with Gasteiger partial charge in [-0.2, -0.15) is 0 Å². The molecule has 2 aromatic rings. The fraction of sp³-hybridized carbons (Fsp3) is 0.278. The second kappa shape index (κ2) is 5.59. The Balaban J connectivity index is 1.85. The van der Waals surface area contributed by atoms with Crippen LogP contribution in [0.15, 0.2) is 48.5 Å². The first-order chi connectivity index (χ1) is 9.78. The van der Waals surface area contributed by atoms with Crippen molar-refractivity contribution in [2.24, 2.45) is 5.73 Å². The van der Waals surface area contributed by atoms with Gasteiger partial charge in [-0.25, -0.2) is 0 Å². The molecule has 0 unspecified atom stereocenters. The summed E-state index contributed by atoms with van der Waals surface area (Å²) in [5.41, 5.74) is 9.45. The molecular weight excluding hydrogens is 246 g/mol. The van der Waals surface area contributed by atoms with E-state index in [1.807, 2.05) is 36.4 Å². The molecular formula is C18H19NO. The number of benzene rings is 2. The number of hydrogen-bond donors (Lipinski definition) is 1. The molecule has 1 fully saturated rings. The zero-order chi connectivity index (χ0) is 13.9. The lowest BCUT2D eigenvalue weighted by molar-refractivity contribution is 0.103. The molecule has 20 heavy (non-hydrogen) atoms. The maximum atomic E-state index is 12.5. The van der Waals surface area contributed by atoms with Gasteiger partial charge in [0.05, 0.1) is 0 Å². The molecule has 1 aliphatic rings. The third kappa shape index (κ3) is 2.52. The minimum Gasteiger partial charge on any atom is -0.326 e. The molecule has 0 radical (unpaired) electrons. The molecule has 2 heteroatoms. The Labute approximate surface area is 119 Å². The van der Waals surface area contributed by atoms with Gasteiger partial charge >= 0.3 is 0 Å². The van der Waals surface area contributed by atoms with Gasteiger partial charge in [0.25, 0.3) is 0 Å². The summed E-state index contributed by atoms with van der Waals surface area (Å²) in [5, 5.41) is 0. The summed E-state index contributed by atoms with van der Waals surface area (Å²) in [4.78, 5) is 12.5. The van der Waals surface area contributed by atoms with Crippen LogP contribution in [0.2, 0.25) is 0 Å². The second-order valence-corrected chi connectivity index (χ2v) is 5.48. The average molecular weight is 265 g/mol. The van der Waals surface area contributed by atoms with Crippen molar-refractivity contribution in [1.29, 1.82) is 0 Å². The second-order valence-electron chi connectivity index (χ2n) is 5.48. The Morgan fingerprint density at radius 3 is 2.40 bits per heavy atom. The topological polar surface area (TPSA) is 43.1 Å². The zero-order valence-electron chi connectivity index (χ0n) is 11.5. The van der Waals surface area contributed by atoms with Crippen LogP contribution in [0.25, 0.3) is 0 Å². The minimum absolute atomic E-state index is 0.0924. The number of ketones is 1. The third-order valence-corrected chi connectivity index (χ3v) is 4.18. The highest BCUT2D eigenvalue weighted by Crippen LogP contribution is 2.36. The first-order valence-electron chi connectivity index (χ1n) is 7.21. The highest BCUT2D eigenvalue weighted by molar-refractivity contribution is 6.09. The zero-order valence-corrected chi connectivity index (χ0v) is 11.5. The summed E-state index contributed by atoms with van der Waals surface area (Å²) < 4.78 is 0. The van der Waals surface area contributed by atoms with Crippen molar-refractivity contribution < 1.29 is 4.79 Å². The monoisotopic (exact) mass is 265 g/mol. The van der Waals surface area contributed by atoms with Crippen molar-refractivity contribution >= 4 is 5.78 Å². The molecule has 2 aromatic carbocycles. The van der Waals surface area contributed by atoms with Crippen LogP contribution < -0.4 is 5.73 Å². The standard InChI is InChI=1S/C18H19NO/c19-12-13-7-9-15(10-8-13)18(20)17-6-2-5-16(11-17)14-3-1-4-14/h2,5-11,14H,1,3-4,12,19H2. The van der Waals surface area contributed by atoms with E-state index in [0.717, 1.165) is 16.7 Å². The third-order valence-electron chi connectivity index (χ3n) is 4.18. The number of carbonyl (C=O) groups is 1. The summed E-state index contributed by atoms with van der Waals surface area (Å²) in [6, 6.07) is 15.7. The van der Waals surface area contributed by atoms with Crippen molar-refractivity contribution in [2.45, 2.75) is 31.7 Å². The molecule has 0 amide bonds. The van der Waals surface area contributed by atoms with Gasteiger partial charge in [0.2, 0.25) is 0 Å². The van der Waals surface area contributed by atoms with Crippen molar-refractivity contribution in [2.75, 3.05) is 0 Å². The van der Waals surface area contributed by atoms with E-state index in [2.05, 4.69) is 12.1 Å². The molecule has 0 saturated heterocycles.